The maximum absolute atomic E-state index is 11.9. The van der Waals surface area contributed by atoms with Crippen molar-refractivity contribution in [2.24, 2.45) is 0 Å². The second-order valence-corrected chi connectivity index (χ2v) is 5.56. The Morgan fingerprint density at radius 2 is 1.83 bits per heavy atom. The number of rotatable bonds is 5. The highest BCUT2D eigenvalue weighted by Crippen LogP contribution is 2.21. The minimum atomic E-state index is -0.0636. The summed E-state index contributed by atoms with van der Waals surface area (Å²) in [6.45, 7) is 2.70. The quantitative estimate of drug-likeness (QED) is 0.691. The van der Waals surface area contributed by atoms with Gasteiger partial charge in [-0.3, -0.25) is 4.79 Å². The second-order valence-electron chi connectivity index (χ2n) is 5.56. The third-order valence-electron chi connectivity index (χ3n) is 3.93. The van der Waals surface area contributed by atoms with Gasteiger partial charge in [0.25, 0.3) is 0 Å². The molecule has 0 atom stereocenters. The van der Waals surface area contributed by atoms with Crippen LogP contribution in [0.15, 0.2) is 60.7 Å². The van der Waals surface area contributed by atoms with Crippen LogP contribution >= 0.6 is 0 Å². The minimum absolute atomic E-state index is 0.0636. The Kier molecular flexibility index (Phi) is 4.57. The number of aromatic amines is 1. The van der Waals surface area contributed by atoms with Gasteiger partial charge in [-0.25, -0.2) is 0 Å². The van der Waals surface area contributed by atoms with E-state index in [1.165, 1.54) is 16.6 Å². The molecule has 1 amide bonds. The average molecular weight is 304 g/mol. The molecule has 3 aromatic rings. The van der Waals surface area contributed by atoms with Crippen LogP contribution in [0.25, 0.3) is 17.0 Å². The third kappa shape index (κ3) is 3.69. The van der Waals surface area contributed by atoms with E-state index in [0.717, 1.165) is 17.5 Å². The first kappa shape index (κ1) is 15.1. The number of carbonyl (C=O) groups is 1. The van der Waals surface area contributed by atoms with Crippen molar-refractivity contribution in [1.82, 2.24) is 10.3 Å². The summed E-state index contributed by atoms with van der Waals surface area (Å²) in [5, 5.41) is 4.18. The van der Waals surface area contributed by atoms with Crippen molar-refractivity contribution in [3.63, 3.8) is 0 Å². The second kappa shape index (κ2) is 6.97. The normalized spacial score (nSPS) is 11.2. The molecular weight excluding hydrogens is 284 g/mol. The van der Waals surface area contributed by atoms with E-state index in [0.29, 0.717) is 6.54 Å². The van der Waals surface area contributed by atoms with Crippen LogP contribution in [0.1, 0.15) is 16.8 Å². The largest absolute Gasteiger partial charge is 0.358 e. The third-order valence-corrected chi connectivity index (χ3v) is 3.93. The van der Waals surface area contributed by atoms with Crippen molar-refractivity contribution in [3.8, 4) is 0 Å². The monoisotopic (exact) mass is 304 g/mol. The number of hydrogen-bond donors (Lipinski definition) is 2. The molecule has 0 bridgehead atoms. The van der Waals surface area contributed by atoms with Gasteiger partial charge >= 0.3 is 0 Å². The van der Waals surface area contributed by atoms with E-state index >= 15 is 0 Å². The standard InChI is InChI=1S/C20H20N2O/c1-15-17(18-9-5-6-10-19(18)22-15)13-14-21-20(23)12-11-16-7-3-2-4-8-16/h2-12,22H,13-14H2,1H3,(H,21,23)/b12-11+. The number of para-hydroxylation sites is 1. The Balaban J connectivity index is 1.57. The van der Waals surface area contributed by atoms with E-state index in [9.17, 15) is 4.79 Å². The molecule has 0 spiro atoms. The Morgan fingerprint density at radius 3 is 2.65 bits per heavy atom. The van der Waals surface area contributed by atoms with E-state index in [2.05, 4.69) is 29.4 Å². The summed E-state index contributed by atoms with van der Waals surface area (Å²) in [5.74, 6) is -0.0636. The zero-order chi connectivity index (χ0) is 16.1. The molecule has 3 rings (SSSR count). The molecule has 2 aromatic carbocycles. The molecule has 0 radical (unpaired) electrons. The summed E-state index contributed by atoms with van der Waals surface area (Å²) in [5.41, 5.74) is 4.61. The van der Waals surface area contributed by atoms with Crippen LogP contribution in [0, 0.1) is 6.92 Å². The maximum Gasteiger partial charge on any atom is 0.244 e. The van der Waals surface area contributed by atoms with E-state index in [4.69, 9.17) is 0 Å². The number of carbonyl (C=O) groups excluding carboxylic acids is 1. The van der Waals surface area contributed by atoms with Gasteiger partial charge in [-0.15, -0.1) is 0 Å². The van der Waals surface area contributed by atoms with E-state index in [1.54, 1.807) is 6.08 Å². The molecule has 3 nitrogen and oxygen atoms in total. The number of aryl methyl sites for hydroxylation is 1. The molecule has 116 valence electrons. The lowest BCUT2D eigenvalue weighted by Crippen LogP contribution is -2.23. The zero-order valence-corrected chi connectivity index (χ0v) is 13.2. The van der Waals surface area contributed by atoms with Crippen molar-refractivity contribution in [2.75, 3.05) is 6.54 Å². The molecule has 0 aliphatic heterocycles. The van der Waals surface area contributed by atoms with Crippen LogP contribution in [0.2, 0.25) is 0 Å². The van der Waals surface area contributed by atoms with Crippen molar-refractivity contribution in [1.29, 1.82) is 0 Å². The number of H-pyrrole nitrogens is 1. The van der Waals surface area contributed by atoms with Crippen LogP contribution < -0.4 is 5.32 Å². The number of amides is 1. The highest BCUT2D eigenvalue weighted by Gasteiger charge is 2.07. The first-order valence-corrected chi connectivity index (χ1v) is 7.81. The highest BCUT2D eigenvalue weighted by atomic mass is 16.1. The lowest BCUT2D eigenvalue weighted by Gasteiger charge is -2.03. The molecule has 0 saturated carbocycles. The smallest absolute Gasteiger partial charge is 0.244 e. The Morgan fingerprint density at radius 1 is 1.09 bits per heavy atom. The SMILES string of the molecule is Cc1[nH]c2ccccc2c1CCNC(=O)/C=C/c1ccccc1. The fourth-order valence-corrected chi connectivity index (χ4v) is 2.76. The summed E-state index contributed by atoms with van der Waals surface area (Å²) in [6.07, 6.45) is 4.23. The number of benzene rings is 2. The van der Waals surface area contributed by atoms with Crippen LogP contribution in [0.4, 0.5) is 0 Å². The van der Waals surface area contributed by atoms with Gasteiger partial charge in [0.2, 0.25) is 5.91 Å². The summed E-state index contributed by atoms with van der Waals surface area (Å²) in [4.78, 5) is 15.3. The van der Waals surface area contributed by atoms with Gasteiger partial charge in [0.05, 0.1) is 0 Å². The molecule has 1 aromatic heterocycles. The van der Waals surface area contributed by atoms with Crippen LogP contribution in [-0.4, -0.2) is 17.4 Å². The summed E-state index contributed by atoms with van der Waals surface area (Å²) in [6, 6.07) is 18.1. The molecule has 0 aliphatic rings. The van der Waals surface area contributed by atoms with Crippen LogP contribution in [0.3, 0.4) is 0 Å². The maximum atomic E-state index is 11.9. The fraction of sp³-hybridized carbons (Fsp3) is 0.150. The molecule has 0 unspecified atom stereocenters. The van der Waals surface area contributed by atoms with Crippen molar-refractivity contribution in [2.45, 2.75) is 13.3 Å². The predicted octanol–water partition coefficient (Wildman–Crippen LogP) is 3.85. The molecular formula is C20H20N2O. The number of nitrogens with one attached hydrogen (secondary N) is 2. The van der Waals surface area contributed by atoms with Crippen molar-refractivity contribution >= 4 is 22.9 Å². The molecule has 23 heavy (non-hydrogen) atoms. The summed E-state index contributed by atoms with van der Waals surface area (Å²) in [7, 11) is 0. The summed E-state index contributed by atoms with van der Waals surface area (Å²) < 4.78 is 0. The molecule has 0 fully saturated rings. The van der Waals surface area contributed by atoms with E-state index < -0.39 is 0 Å². The van der Waals surface area contributed by atoms with Gasteiger partial charge in [0, 0.05) is 29.2 Å². The minimum Gasteiger partial charge on any atom is -0.358 e. The number of fused-ring (bicyclic) bond motifs is 1. The van der Waals surface area contributed by atoms with Gasteiger partial charge in [-0.1, -0.05) is 48.5 Å². The Labute approximate surface area is 136 Å². The molecule has 3 heteroatoms. The topological polar surface area (TPSA) is 44.9 Å². The fourth-order valence-electron chi connectivity index (χ4n) is 2.76. The number of hydrogen-bond acceptors (Lipinski definition) is 1. The first-order valence-electron chi connectivity index (χ1n) is 7.81. The Bertz CT molecular complexity index is 831. The predicted molar refractivity (Wildman–Crippen MR) is 95.2 cm³/mol. The molecule has 1 heterocycles. The average Bonchev–Trinajstić information content (AvgIpc) is 2.90. The Hall–Kier alpha value is -2.81. The van der Waals surface area contributed by atoms with Crippen molar-refractivity contribution in [3.05, 3.63) is 77.5 Å². The van der Waals surface area contributed by atoms with Gasteiger partial charge in [0.15, 0.2) is 0 Å². The number of aromatic nitrogens is 1. The molecule has 0 saturated heterocycles. The first-order chi connectivity index (χ1) is 11.2. The molecule has 2 N–H and O–H groups in total. The highest BCUT2D eigenvalue weighted by molar-refractivity contribution is 5.91. The lowest BCUT2D eigenvalue weighted by atomic mass is 10.1. The molecule has 0 aliphatic carbocycles. The van der Waals surface area contributed by atoms with Crippen LogP contribution in [-0.2, 0) is 11.2 Å². The summed E-state index contributed by atoms with van der Waals surface area (Å²) >= 11 is 0. The van der Waals surface area contributed by atoms with Gasteiger partial charge in [-0.2, -0.15) is 0 Å². The zero-order valence-electron chi connectivity index (χ0n) is 13.2. The van der Waals surface area contributed by atoms with E-state index in [-0.39, 0.29) is 5.91 Å². The van der Waals surface area contributed by atoms with E-state index in [1.807, 2.05) is 48.5 Å². The van der Waals surface area contributed by atoms with Gasteiger partial charge in [0.1, 0.15) is 0 Å². The lowest BCUT2D eigenvalue weighted by molar-refractivity contribution is -0.116. The van der Waals surface area contributed by atoms with Crippen molar-refractivity contribution < 1.29 is 4.79 Å². The van der Waals surface area contributed by atoms with Gasteiger partial charge in [-0.05, 0) is 36.6 Å². The van der Waals surface area contributed by atoms with Gasteiger partial charge < -0.3 is 10.3 Å². The van der Waals surface area contributed by atoms with Crippen LogP contribution in [0.5, 0.6) is 0 Å².